The van der Waals surface area contributed by atoms with Crippen molar-refractivity contribution in [3.05, 3.63) is 71.8 Å². The zero-order valence-corrected chi connectivity index (χ0v) is 19.3. The van der Waals surface area contributed by atoms with Crippen LogP contribution in [0, 0.1) is 0 Å². The van der Waals surface area contributed by atoms with Crippen LogP contribution in [0.5, 0.6) is 0 Å². The molecular weight excluding hydrogens is 426 g/mol. The van der Waals surface area contributed by atoms with Gasteiger partial charge < -0.3 is 5.11 Å². The number of carbonyl (C=O) groups is 4. The van der Waals surface area contributed by atoms with Gasteiger partial charge >= 0.3 is 5.97 Å². The van der Waals surface area contributed by atoms with E-state index in [0.29, 0.717) is 11.1 Å². The van der Waals surface area contributed by atoms with E-state index in [0.717, 1.165) is 5.06 Å². The van der Waals surface area contributed by atoms with E-state index < -0.39 is 18.1 Å². The van der Waals surface area contributed by atoms with E-state index >= 15 is 0 Å². The van der Waals surface area contributed by atoms with Crippen molar-refractivity contribution in [3.63, 3.8) is 0 Å². The monoisotopic (exact) mass is 457 g/mol. The molecule has 0 fully saturated rings. The van der Waals surface area contributed by atoms with Gasteiger partial charge in [-0.05, 0) is 13.8 Å². The number of aliphatic carboxylic acids is 1. The van der Waals surface area contributed by atoms with Crippen molar-refractivity contribution >= 4 is 23.4 Å². The Kier molecular flexibility index (Phi) is 12.2. The Morgan fingerprint density at radius 2 is 1.21 bits per heavy atom. The van der Waals surface area contributed by atoms with Gasteiger partial charge in [-0.15, -0.1) is 0 Å². The van der Waals surface area contributed by atoms with Crippen molar-refractivity contribution in [1.29, 1.82) is 0 Å². The second kappa shape index (κ2) is 14.6. The molecule has 178 valence electrons. The Morgan fingerprint density at radius 3 is 1.58 bits per heavy atom. The van der Waals surface area contributed by atoms with Gasteiger partial charge in [0, 0.05) is 18.2 Å². The first kappa shape index (κ1) is 27.6. The molecule has 0 unspecified atom stereocenters. The fourth-order valence-electron chi connectivity index (χ4n) is 2.48. The average Bonchev–Trinajstić information content (AvgIpc) is 2.85. The number of Topliss-reactive ketones (excluding diaryl/α,β-unsaturated/α-hetero) is 2. The third-order valence-corrected chi connectivity index (χ3v) is 4.65. The molecule has 2 rings (SSSR count). The van der Waals surface area contributed by atoms with Gasteiger partial charge in [0.25, 0.3) is 5.91 Å². The topological polar surface area (TPSA) is 125 Å². The summed E-state index contributed by atoms with van der Waals surface area (Å²) >= 11 is 0. The molecule has 1 amide bonds. The lowest BCUT2D eigenvalue weighted by molar-refractivity contribution is -0.170. The zero-order valence-electron chi connectivity index (χ0n) is 19.3. The molecule has 3 N–H and O–H groups in total. The maximum atomic E-state index is 11.8. The molecule has 0 saturated heterocycles. The summed E-state index contributed by atoms with van der Waals surface area (Å²) in [5.74, 6) is -1.34. The maximum Gasteiger partial charge on any atom is 0.320 e. The molecule has 0 aromatic heterocycles. The number of carbonyl (C=O) groups excluding carboxylic acids is 3. The number of hydrogen-bond acceptors (Lipinski definition) is 7. The number of hydroxylamine groups is 2. The van der Waals surface area contributed by atoms with Crippen molar-refractivity contribution in [2.45, 2.75) is 25.9 Å². The predicted octanol–water partition coefficient (Wildman–Crippen LogP) is 1.80. The predicted molar refractivity (Wildman–Crippen MR) is 124 cm³/mol. The van der Waals surface area contributed by atoms with E-state index in [1.54, 1.807) is 55.5 Å². The standard InChI is InChI=1S/C13H18N2O3.C11H13NO3/c1-10(13(17)15(2)18-3)14-9-12(16)11-7-5-4-6-8-11;1-8(11(14)15)12-7-10(13)9-5-3-2-4-6-9/h4-8,10,14H,9H2,1-3H3;2-6,8,12H,7H2,1H3,(H,14,15)/t10-;8-/m00/s1. The normalized spacial score (nSPS) is 12.0. The third kappa shape index (κ3) is 10.2. The number of nitrogens with zero attached hydrogens (tertiary/aromatic N) is 1. The summed E-state index contributed by atoms with van der Waals surface area (Å²) in [5, 5.41) is 15.2. The minimum atomic E-state index is -0.962. The van der Waals surface area contributed by atoms with E-state index in [9.17, 15) is 19.2 Å². The molecule has 0 heterocycles. The van der Waals surface area contributed by atoms with Gasteiger partial charge in [0.1, 0.15) is 6.04 Å². The number of carboxylic acid groups (broad SMARTS) is 1. The molecule has 2 atom stereocenters. The zero-order chi connectivity index (χ0) is 24.8. The van der Waals surface area contributed by atoms with Gasteiger partial charge in [0.15, 0.2) is 11.6 Å². The highest BCUT2D eigenvalue weighted by molar-refractivity contribution is 5.98. The Morgan fingerprint density at radius 1 is 0.818 bits per heavy atom. The van der Waals surface area contributed by atoms with E-state index in [2.05, 4.69) is 10.6 Å². The van der Waals surface area contributed by atoms with Crippen LogP contribution in [0.1, 0.15) is 34.6 Å². The quantitative estimate of drug-likeness (QED) is 0.345. The van der Waals surface area contributed by atoms with Crippen LogP contribution in [0.4, 0.5) is 0 Å². The Bertz CT molecular complexity index is 905. The van der Waals surface area contributed by atoms with Gasteiger partial charge in [0.05, 0.1) is 26.2 Å². The van der Waals surface area contributed by atoms with Crippen LogP contribution >= 0.6 is 0 Å². The summed E-state index contributed by atoms with van der Waals surface area (Å²) in [4.78, 5) is 50.2. The van der Waals surface area contributed by atoms with Crippen molar-refractivity contribution in [2.24, 2.45) is 0 Å². The molecule has 9 nitrogen and oxygen atoms in total. The summed E-state index contributed by atoms with van der Waals surface area (Å²) in [7, 11) is 2.94. The maximum absolute atomic E-state index is 11.8. The summed E-state index contributed by atoms with van der Waals surface area (Å²) in [6.07, 6.45) is 0. The Hall–Kier alpha value is -3.40. The van der Waals surface area contributed by atoms with Crippen LogP contribution in [0.15, 0.2) is 60.7 Å². The van der Waals surface area contributed by atoms with E-state index in [1.165, 1.54) is 21.1 Å². The minimum absolute atomic E-state index is 0.0392. The highest BCUT2D eigenvalue weighted by atomic mass is 16.7. The SMILES string of the molecule is CON(C)C(=O)[C@H](C)NCC(=O)c1ccccc1.C[C@H](NCC(=O)c1ccccc1)C(=O)O. The van der Waals surface area contributed by atoms with Crippen molar-refractivity contribution in [3.8, 4) is 0 Å². The molecule has 0 aliphatic carbocycles. The van der Waals surface area contributed by atoms with Crippen LogP contribution in [0.3, 0.4) is 0 Å². The van der Waals surface area contributed by atoms with Gasteiger partial charge in [-0.3, -0.25) is 34.6 Å². The van der Waals surface area contributed by atoms with E-state index in [-0.39, 0.29) is 30.6 Å². The van der Waals surface area contributed by atoms with Crippen LogP contribution in [-0.4, -0.2) is 72.9 Å². The molecule has 0 aliphatic rings. The van der Waals surface area contributed by atoms with Crippen molar-refractivity contribution in [1.82, 2.24) is 15.7 Å². The lowest BCUT2D eigenvalue weighted by Crippen LogP contribution is -2.44. The summed E-state index contributed by atoms with van der Waals surface area (Å²) in [6, 6.07) is 16.6. The highest BCUT2D eigenvalue weighted by Gasteiger charge is 2.18. The molecule has 2 aromatic rings. The number of benzene rings is 2. The van der Waals surface area contributed by atoms with Crippen LogP contribution in [-0.2, 0) is 14.4 Å². The minimum Gasteiger partial charge on any atom is -0.480 e. The second-order valence-corrected chi connectivity index (χ2v) is 7.14. The number of hydrogen-bond donors (Lipinski definition) is 3. The molecule has 0 saturated carbocycles. The number of nitrogens with one attached hydrogen (secondary N) is 2. The second-order valence-electron chi connectivity index (χ2n) is 7.14. The average molecular weight is 458 g/mol. The van der Waals surface area contributed by atoms with Gasteiger partial charge in [-0.1, -0.05) is 60.7 Å². The Labute approximate surface area is 193 Å². The number of likely N-dealkylation sites (N-methyl/N-ethyl adjacent to an activating group) is 1. The molecule has 0 spiro atoms. The largest absolute Gasteiger partial charge is 0.480 e. The molecule has 0 aliphatic heterocycles. The first-order valence-electron chi connectivity index (χ1n) is 10.3. The van der Waals surface area contributed by atoms with Crippen molar-refractivity contribution < 1.29 is 29.1 Å². The molecule has 33 heavy (non-hydrogen) atoms. The fourth-order valence-corrected chi connectivity index (χ4v) is 2.48. The van der Waals surface area contributed by atoms with Gasteiger partial charge in [0.2, 0.25) is 0 Å². The Balaban J connectivity index is 0.000000335. The molecule has 9 heteroatoms. The fraction of sp³-hybridized carbons (Fsp3) is 0.333. The smallest absolute Gasteiger partial charge is 0.320 e. The lowest BCUT2D eigenvalue weighted by Gasteiger charge is -2.19. The third-order valence-electron chi connectivity index (χ3n) is 4.65. The number of ketones is 2. The van der Waals surface area contributed by atoms with Crippen LogP contribution in [0.25, 0.3) is 0 Å². The summed E-state index contributed by atoms with van der Waals surface area (Å²) in [6.45, 7) is 3.35. The first-order chi connectivity index (χ1) is 15.7. The van der Waals surface area contributed by atoms with Gasteiger partial charge in [-0.2, -0.15) is 0 Å². The summed E-state index contributed by atoms with van der Waals surface area (Å²) < 4.78 is 0. The van der Waals surface area contributed by atoms with E-state index in [1.807, 2.05) is 12.1 Å². The first-order valence-corrected chi connectivity index (χ1v) is 10.3. The molecule has 0 bridgehead atoms. The van der Waals surface area contributed by atoms with E-state index in [4.69, 9.17) is 9.94 Å². The molecular formula is C24H31N3O6. The van der Waals surface area contributed by atoms with Gasteiger partial charge in [-0.25, -0.2) is 5.06 Å². The highest BCUT2D eigenvalue weighted by Crippen LogP contribution is 2.00. The summed E-state index contributed by atoms with van der Waals surface area (Å²) in [5.41, 5.74) is 1.22. The van der Waals surface area contributed by atoms with Crippen molar-refractivity contribution in [2.75, 3.05) is 27.2 Å². The number of carboxylic acids is 1. The van der Waals surface area contributed by atoms with Crippen LogP contribution in [0.2, 0.25) is 0 Å². The van der Waals surface area contributed by atoms with Crippen LogP contribution < -0.4 is 10.6 Å². The molecule has 0 radical (unpaired) electrons. The number of rotatable bonds is 11. The number of amides is 1. The molecule has 2 aromatic carbocycles. The lowest BCUT2D eigenvalue weighted by atomic mass is 10.1.